The van der Waals surface area contributed by atoms with E-state index in [1.807, 2.05) is 97.3 Å². The van der Waals surface area contributed by atoms with Gasteiger partial charge in [-0.3, -0.25) is 9.59 Å². The van der Waals surface area contributed by atoms with Crippen LogP contribution >= 0.6 is 23.1 Å². The van der Waals surface area contributed by atoms with Crippen LogP contribution in [0.1, 0.15) is 62.4 Å². The maximum Gasteiger partial charge on any atom is 0.196 e. The van der Waals surface area contributed by atoms with Crippen molar-refractivity contribution in [1.82, 2.24) is 0 Å². The molecule has 5 rings (SSSR count). The number of benzene rings is 4. The predicted molar refractivity (Wildman–Crippen MR) is 199 cm³/mol. The number of ether oxygens (including phenoxy) is 4. The second-order valence-electron chi connectivity index (χ2n) is 12.4. The van der Waals surface area contributed by atoms with E-state index < -0.39 is 0 Å². The van der Waals surface area contributed by atoms with Gasteiger partial charge in [0, 0.05) is 49.2 Å². The van der Waals surface area contributed by atoms with Crippen molar-refractivity contribution in [3.63, 3.8) is 0 Å². The van der Waals surface area contributed by atoms with Gasteiger partial charge in [0.1, 0.15) is 18.1 Å². The lowest BCUT2D eigenvalue weighted by Gasteiger charge is -2.25. The van der Waals surface area contributed by atoms with E-state index >= 15 is 0 Å². The summed E-state index contributed by atoms with van der Waals surface area (Å²) in [4.78, 5) is 27.0. The van der Waals surface area contributed by atoms with Crippen LogP contribution in [0.15, 0.2) is 101 Å². The molecule has 0 fully saturated rings. The number of carbonyl (C=O) groups is 1. The van der Waals surface area contributed by atoms with E-state index in [1.54, 1.807) is 23.1 Å². The Bertz CT molecular complexity index is 1870. The molecule has 5 aromatic rings. The first-order valence-corrected chi connectivity index (χ1v) is 18.5. The molecule has 0 amide bonds. The third-order valence-electron chi connectivity index (χ3n) is 8.22. The number of unbranched alkanes of at least 4 members (excludes halogenated alkanes) is 1. The van der Waals surface area contributed by atoms with E-state index in [0.717, 1.165) is 45.4 Å². The van der Waals surface area contributed by atoms with Gasteiger partial charge in [0.25, 0.3) is 0 Å². The first-order chi connectivity index (χ1) is 23.2. The van der Waals surface area contributed by atoms with Gasteiger partial charge >= 0.3 is 0 Å². The summed E-state index contributed by atoms with van der Waals surface area (Å²) in [6.45, 7) is 8.31. The van der Waals surface area contributed by atoms with Crippen LogP contribution in [0, 0.1) is 0 Å². The fourth-order valence-corrected chi connectivity index (χ4v) is 7.06. The van der Waals surface area contributed by atoms with E-state index in [2.05, 4.69) is 20.8 Å². The molecule has 0 aliphatic carbocycles. The summed E-state index contributed by atoms with van der Waals surface area (Å²) in [5.74, 6) is 1.36. The summed E-state index contributed by atoms with van der Waals surface area (Å²) in [6, 6.07) is 28.5. The summed E-state index contributed by atoms with van der Waals surface area (Å²) >= 11 is 3.17. The highest BCUT2D eigenvalue weighted by atomic mass is 32.2. The lowest BCUT2D eigenvalue weighted by Crippen LogP contribution is -2.27. The van der Waals surface area contributed by atoms with Gasteiger partial charge in [0.15, 0.2) is 11.2 Å². The van der Waals surface area contributed by atoms with Crippen molar-refractivity contribution in [3.05, 3.63) is 112 Å². The average molecular weight is 685 g/mol. The van der Waals surface area contributed by atoms with E-state index in [9.17, 15) is 9.59 Å². The van der Waals surface area contributed by atoms with Crippen LogP contribution < -0.4 is 14.9 Å². The van der Waals surface area contributed by atoms with Gasteiger partial charge in [0.2, 0.25) is 0 Å². The van der Waals surface area contributed by atoms with Gasteiger partial charge in [0.05, 0.1) is 24.9 Å². The van der Waals surface area contributed by atoms with Gasteiger partial charge in [-0.25, -0.2) is 0 Å². The topological polar surface area (TPSA) is 71.1 Å². The lowest BCUT2D eigenvalue weighted by atomic mass is 10.0. The Hall–Kier alpha value is -3.69. The van der Waals surface area contributed by atoms with Crippen LogP contribution in [0.5, 0.6) is 11.5 Å². The van der Waals surface area contributed by atoms with Crippen LogP contribution in [-0.4, -0.2) is 50.2 Å². The van der Waals surface area contributed by atoms with Gasteiger partial charge in [-0.05, 0) is 94.8 Å². The zero-order chi connectivity index (χ0) is 33.9. The number of rotatable bonds is 18. The zero-order valence-corrected chi connectivity index (χ0v) is 29.8. The molecule has 0 bridgehead atoms. The molecule has 1 unspecified atom stereocenters. The number of hydrogen-bond acceptors (Lipinski definition) is 8. The van der Waals surface area contributed by atoms with E-state index in [-0.39, 0.29) is 22.9 Å². The predicted octanol–water partition coefficient (Wildman–Crippen LogP) is 9.59. The number of hydrogen-bond donors (Lipinski definition) is 0. The molecule has 1 heterocycles. The van der Waals surface area contributed by atoms with E-state index in [4.69, 9.17) is 18.9 Å². The third kappa shape index (κ3) is 9.69. The second-order valence-corrected chi connectivity index (χ2v) is 14.3. The maximum absolute atomic E-state index is 13.1. The van der Waals surface area contributed by atoms with Crippen molar-refractivity contribution in [2.24, 2.45) is 0 Å². The van der Waals surface area contributed by atoms with Crippen molar-refractivity contribution in [2.45, 2.75) is 63.1 Å². The summed E-state index contributed by atoms with van der Waals surface area (Å²) in [6.07, 6.45) is 5.69. The molecular formula is C40H44O6S2. The summed E-state index contributed by atoms with van der Waals surface area (Å²) in [5, 5.41) is 1.45. The Kier molecular flexibility index (Phi) is 12.7. The first-order valence-electron chi connectivity index (χ1n) is 16.5. The number of ketones is 1. The van der Waals surface area contributed by atoms with Gasteiger partial charge in [-0.2, -0.15) is 0 Å². The summed E-state index contributed by atoms with van der Waals surface area (Å²) in [7, 11) is 0. The molecule has 0 N–H and O–H groups in total. The lowest BCUT2D eigenvalue weighted by molar-refractivity contribution is -0.0335. The highest BCUT2D eigenvalue weighted by Crippen LogP contribution is 2.29. The monoisotopic (exact) mass is 684 g/mol. The minimum Gasteiger partial charge on any atom is -0.493 e. The molecule has 0 aliphatic heterocycles. The minimum absolute atomic E-state index is 0.00817. The zero-order valence-electron chi connectivity index (χ0n) is 28.2. The molecule has 0 spiro atoms. The molecule has 1 atom stereocenters. The number of carbonyl (C=O) groups excluding carboxylic acids is 1. The van der Waals surface area contributed by atoms with Gasteiger partial charge < -0.3 is 18.9 Å². The van der Waals surface area contributed by atoms with Crippen LogP contribution in [-0.2, 0) is 9.47 Å². The van der Waals surface area contributed by atoms with Crippen LogP contribution in [0.2, 0.25) is 0 Å². The molecule has 252 valence electrons. The highest BCUT2D eigenvalue weighted by Gasteiger charge is 2.19. The van der Waals surface area contributed by atoms with Crippen LogP contribution in [0.4, 0.5) is 0 Å². The standard InChI is InChI=1S/C40H44O6S2/c1-28(43-24-25-45-31-17-19-35(47-4)33(26-31)38(41)29-13-6-5-7-14-29)12-10-11-22-46-40(2,3)21-23-44-30-18-20-37-34(27-30)39(42)32-15-8-9-16-36(32)48-37/h5-9,13-20,26-28H,10-12,21-25H2,1-4H3. The summed E-state index contributed by atoms with van der Waals surface area (Å²) < 4.78 is 26.1. The molecule has 0 saturated carbocycles. The van der Waals surface area contributed by atoms with Gasteiger partial charge in [-0.1, -0.05) is 42.5 Å². The number of thioether (sulfide) groups is 1. The smallest absolute Gasteiger partial charge is 0.196 e. The number of fused-ring (bicyclic) bond motifs is 2. The molecular weight excluding hydrogens is 641 g/mol. The first kappa shape index (κ1) is 35.6. The normalized spacial score (nSPS) is 12.3. The molecule has 1 aromatic heterocycles. The van der Waals surface area contributed by atoms with E-state index in [1.165, 1.54) is 0 Å². The Balaban J connectivity index is 0.967. The Morgan fingerprint density at radius 2 is 1.50 bits per heavy atom. The highest BCUT2D eigenvalue weighted by molar-refractivity contribution is 7.98. The van der Waals surface area contributed by atoms with Crippen molar-refractivity contribution in [2.75, 3.05) is 32.7 Å². The minimum atomic E-state index is -0.322. The Labute approximate surface area is 291 Å². The van der Waals surface area contributed by atoms with Crippen LogP contribution in [0.25, 0.3) is 20.2 Å². The van der Waals surface area contributed by atoms with Crippen molar-refractivity contribution < 1.29 is 23.7 Å². The fourth-order valence-electron chi connectivity index (χ4n) is 5.43. The average Bonchev–Trinajstić information content (AvgIpc) is 3.10. The molecule has 6 nitrogen and oxygen atoms in total. The molecule has 4 aromatic carbocycles. The van der Waals surface area contributed by atoms with Crippen molar-refractivity contribution >= 4 is 49.1 Å². The molecule has 48 heavy (non-hydrogen) atoms. The summed E-state index contributed by atoms with van der Waals surface area (Å²) in [5.41, 5.74) is 1.04. The fraction of sp³-hybridized carbons (Fsp3) is 0.350. The Morgan fingerprint density at radius 1 is 0.792 bits per heavy atom. The van der Waals surface area contributed by atoms with E-state index in [0.29, 0.717) is 54.4 Å². The van der Waals surface area contributed by atoms with Crippen molar-refractivity contribution in [3.8, 4) is 11.5 Å². The molecule has 0 aliphatic rings. The molecule has 0 saturated heterocycles. The second kappa shape index (κ2) is 17.1. The maximum atomic E-state index is 13.1. The van der Waals surface area contributed by atoms with Crippen LogP contribution in [0.3, 0.4) is 0 Å². The van der Waals surface area contributed by atoms with Gasteiger partial charge in [-0.15, -0.1) is 23.1 Å². The van der Waals surface area contributed by atoms with Crippen molar-refractivity contribution in [1.29, 1.82) is 0 Å². The SMILES string of the molecule is CSc1ccc(OCCOC(C)CCCCOC(C)(C)CCOc2ccc3sc4ccccc4c(=O)c3c2)cc1C(=O)c1ccccc1. The molecule has 8 heteroatoms. The molecule has 0 radical (unpaired) electrons. The largest absolute Gasteiger partial charge is 0.493 e. The Morgan fingerprint density at radius 3 is 2.31 bits per heavy atom. The third-order valence-corrected chi connectivity index (χ3v) is 10.2. The quantitative estimate of drug-likeness (QED) is 0.0394.